The van der Waals surface area contributed by atoms with Crippen LogP contribution in [0.4, 0.5) is 0 Å². The molecule has 0 fully saturated rings. The van der Waals surface area contributed by atoms with Crippen molar-refractivity contribution in [3.05, 3.63) is 34.9 Å². The molecule has 1 aliphatic rings. The van der Waals surface area contributed by atoms with Crippen molar-refractivity contribution in [2.45, 2.75) is 25.7 Å². The number of aryl methyl sites for hydroxylation is 1. The first-order valence-electron chi connectivity index (χ1n) is 5.12. The number of hydrogen-bond acceptors (Lipinski definition) is 1. The lowest BCUT2D eigenvalue weighted by molar-refractivity contribution is 0.943. The van der Waals surface area contributed by atoms with Gasteiger partial charge in [0.05, 0.1) is 0 Å². The number of aliphatic imine (C=N–C) groups is 1. The Morgan fingerprint density at radius 3 is 2.79 bits per heavy atom. The van der Waals surface area contributed by atoms with Crippen LogP contribution in [0.3, 0.4) is 0 Å². The van der Waals surface area contributed by atoms with Crippen LogP contribution in [0.25, 0.3) is 0 Å². The number of hydrogen-bond donors (Lipinski definition) is 0. The molecular formula is C12H14ClN. The normalized spacial score (nSPS) is 15.6. The molecule has 0 aromatic heterocycles. The summed E-state index contributed by atoms with van der Waals surface area (Å²) in [7, 11) is 0. The van der Waals surface area contributed by atoms with Gasteiger partial charge in [0.15, 0.2) is 0 Å². The van der Waals surface area contributed by atoms with E-state index < -0.39 is 0 Å². The number of halogens is 1. The quantitative estimate of drug-likeness (QED) is 0.720. The van der Waals surface area contributed by atoms with Crippen molar-refractivity contribution in [3.63, 3.8) is 0 Å². The summed E-state index contributed by atoms with van der Waals surface area (Å²) in [6, 6.07) is 8.06. The van der Waals surface area contributed by atoms with Gasteiger partial charge in [-0.15, -0.1) is 0 Å². The Morgan fingerprint density at radius 1 is 1.21 bits per heavy atom. The Balaban J connectivity index is 1.94. The molecule has 1 aliphatic heterocycles. The van der Waals surface area contributed by atoms with Crippen molar-refractivity contribution < 1.29 is 0 Å². The maximum atomic E-state index is 6.07. The molecule has 1 heterocycles. The molecule has 1 aromatic carbocycles. The standard InChI is InChI=1S/C12H14ClN/c13-12-6-2-1-4-10(12)7-8-11-5-3-9-14-11/h1-2,4,6H,3,5,7-9H2. The second kappa shape index (κ2) is 4.61. The summed E-state index contributed by atoms with van der Waals surface area (Å²) in [5.41, 5.74) is 2.61. The fourth-order valence-electron chi connectivity index (χ4n) is 1.78. The third kappa shape index (κ3) is 2.36. The average Bonchev–Trinajstić information content (AvgIpc) is 2.69. The maximum Gasteiger partial charge on any atom is 0.0438 e. The Bertz CT molecular complexity index is 344. The molecule has 0 aliphatic carbocycles. The third-order valence-electron chi connectivity index (χ3n) is 2.60. The lowest BCUT2D eigenvalue weighted by Crippen LogP contribution is -1.96. The minimum absolute atomic E-state index is 0.881. The van der Waals surface area contributed by atoms with Crippen LogP contribution in [0.1, 0.15) is 24.8 Å². The second-order valence-electron chi connectivity index (χ2n) is 3.64. The van der Waals surface area contributed by atoms with E-state index in [1.807, 2.05) is 18.2 Å². The van der Waals surface area contributed by atoms with E-state index >= 15 is 0 Å². The first-order chi connectivity index (χ1) is 6.86. The van der Waals surface area contributed by atoms with Gasteiger partial charge in [-0.2, -0.15) is 0 Å². The SMILES string of the molecule is Clc1ccccc1CCC1=NCCC1. The molecule has 2 heteroatoms. The first kappa shape index (κ1) is 9.72. The number of nitrogens with zero attached hydrogens (tertiary/aromatic N) is 1. The summed E-state index contributed by atoms with van der Waals surface area (Å²) < 4.78 is 0. The molecule has 0 N–H and O–H groups in total. The molecule has 0 saturated heterocycles. The Hall–Kier alpha value is -0.820. The van der Waals surface area contributed by atoms with Crippen LogP contribution < -0.4 is 0 Å². The predicted octanol–water partition coefficient (Wildman–Crippen LogP) is 3.51. The molecule has 1 nitrogen and oxygen atoms in total. The summed E-state index contributed by atoms with van der Waals surface area (Å²) in [6.07, 6.45) is 4.52. The van der Waals surface area contributed by atoms with Gasteiger partial charge in [-0.25, -0.2) is 0 Å². The van der Waals surface area contributed by atoms with Crippen molar-refractivity contribution in [2.24, 2.45) is 4.99 Å². The Kier molecular flexibility index (Phi) is 3.20. The van der Waals surface area contributed by atoms with Crippen molar-refractivity contribution >= 4 is 17.3 Å². The van der Waals surface area contributed by atoms with Crippen LogP contribution in [0.2, 0.25) is 5.02 Å². The molecule has 0 atom stereocenters. The molecule has 1 aromatic rings. The molecule has 0 radical (unpaired) electrons. The molecule has 14 heavy (non-hydrogen) atoms. The van der Waals surface area contributed by atoms with Gasteiger partial charge >= 0.3 is 0 Å². The van der Waals surface area contributed by atoms with Gasteiger partial charge < -0.3 is 0 Å². The Labute approximate surface area is 89.8 Å². The lowest BCUT2D eigenvalue weighted by atomic mass is 10.1. The average molecular weight is 208 g/mol. The minimum atomic E-state index is 0.881. The summed E-state index contributed by atoms with van der Waals surface area (Å²) in [6.45, 7) is 1.03. The monoisotopic (exact) mass is 207 g/mol. The number of benzene rings is 1. The predicted molar refractivity (Wildman–Crippen MR) is 61.3 cm³/mol. The fraction of sp³-hybridized carbons (Fsp3) is 0.417. The van der Waals surface area contributed by atoms with Gasteiger partial charge in [-0.3, -0.25) is 4.99 Å². The highest BCUT2D eigenvalue weighted by Gasteiger charge is 2.07. The van der Waals surface area contributed by atoms with Gasteiger partial charge in [-0.1, -0.05) is 29.8 Å². The molecule has 0 bridgehead atoms. The van der Waals surface area contributed by atoms with Crippen LogP contribution >= 0.6 is 11.6 Å². The summed E-state index contributed by atoms with van der Waals surface area (Å²) in [5, 5.41) is 0.881. The van der Waals surface area contributed by atoms with E-state index in [9.17, 15) is 0 Å². The zero-order valence-corrected chi connectivity index (χ0v) is 8.93. The zero-order chi connectivity index (χ0) is 9.80. The Morgan fingerprint density at radius 2 is 2.07 bits per heavy atom. The molecule has 74 valence electrons. The highest BCUT2D eigenvalue weighted by molar-refractivity contribution is 6.31. The largest absolute Gasteiger partial charge is 0.294 e. The summed E-state index contributed by atoms with van der Waals surface area (Å²) in [4.78, 5) is 4.45. The molecule has 0 unspecified atom stereocenters. The van der Waals surface area contributed by atoms with E-state index in [4.69, 9.17) is 11.6 Å². The van der Waals surface area contributed by atoms with E-state index in [0.29, 0.717) is 0 Å². The van der Waals surface area contributed by atoms with E-state index in [2.05, 4.69) is 11.1 Å². The van der Waals surface area contributed by atoms with Crippen LogP contribution in [-0.2, 0) is 6.42 Å². The zero-order valence-electron chi connectivity index (χ0n) is 8.17. The van der Waals surface area contributed by atoms with Crippen molar-refractivity contribution in [2.75, 3.05) is 6.54 Å². The van der Waals surface area contributed by atoms with Gasteiger partial charge in [0.2, 0.25) is 0 Å². The lowest BCUT2D eigenvalue weighted by Gasteiger charge is -2.03. The van der Waals surface area contributed by atoms with Gasteiger partial charge in [-0.05, 0) is 37.3 Å². The molecule has 0 spiro atoms. The van der Waals surface area contributed by atoms with E-state index in [1.54, 1.807) is 0 Å². The maximum absolute atomic E-state index is 6.07. The smallest absolute Gasteiger partial charge is 0.0438 e. The third-order valence-corrected chi connectivity index (χ3v) is 2.97. The van der Waals surface area contributed by atoms with Crippen LogP contribution in [0, 0.1) is 0 Å². The summed E-state index contributed by atoms with van der Waals surface area (Å²) >= 11 is 6.07. The minimum Gasteiger partial charge on any atom is -0.294 e. The molecule has 2 rings (SSSR count). The first-order valence-corrected chi connectivity index (χ1v) is 5.49. The van der Waals surface area contributed by atoms with Crippen LogP contribution in [-0.4, -0.2) is 12.3 Å². The molecule has 0 amide bonds. The van der Waals surface area contributed by atoms with Gasteiger partial charge in [0, 0.05) is 17.3 Å². The molecule has 0 saturated carbocycles. The highest BCUT2D eigenvalue weighted by Crippen LogP contribution is 2.18. The van der Waals surface area contributed by atoms with Crippen molar-refractivity contribution in [1.29, 1.82) is 0 Å². The topological polar surface area (TPSA) is 12.4 Å². The van der Waals surface area contributed by atoms with E-state index in [0.717, 1.165) is 24.4 Å². The van der Waals surface area contributed by atoms with Crippen molar-refractivity contribution in [3.8, 4) is 0 Å². The van der Waals surface area contributed by atoms with Crippen molar-refractivity contribution in [1.82, 2.24) is 0 Å². The second-order valence-corrected chi connectivity index (χ2v) is 4.05. The number of rotatable bonds is 3. The van der Waals surface area contributed by atoms with Crippen LogP contribution in [0.15, 0.2) is 29.3 Å². The van der Waals surface area contributed by atoms with E-state index in [-0.39, 0.29) is 0 Å². The fourth-order valence-corrected chi connectivity index (χ4v) is 2.01. The van der Waals surface area contributed by atoms with E-state index in [1.165, 1.54) is 24.1 Å². The van der Waals surface area contributed by atoms with Crippen LogP contribution in [0.5, 0.6) is 0 Å². The summed E-state index contributed by atoms with van der Waals surface area (Å²) in [5.74, 6) is 0. The highest BCUT2D eigenvalue weighted by atomic mass is 35.5. The van der Waals surface area contributed by atoms with Gasteiger partial charge in [0.25, 0.3) is 0 Å². The van der Waals surface area contributed by atoms with Gasteiger partial charge in [0.1, 0.15) is 0 Å². The molecular weight excluding hydrogens is 194 g/mol.